The summed E-state index contributed by atoms with van der Waals surface area (Å²) in [5.41, 5.74) is -0.644. The standard InChI is InChI=1S/C15H17F3O2/c16-15(17,18)12-5-1-4-11(10-12)14(19)8-2-6-13-7-3-9-20-13/h1,4-5,10,13H,2-3,6-9H2. The largest absolute Gasteiger partial charge is 0.416 e. The summed E-state index contributed by atoms with van der Waals surface area (Å²) in [5, 5.41) is 0. The number of Topliss-reactive ketones (excluding diaryl/α,β-unsaturated/α-hetero) is 1. The maximum Gasteiger partial charge on any atom is 0.416 e. The van der Waals surface area contributed by atoms with Gasteiger partial charge in [-0.3, -0.25) is 4.79 Å². The Bertz CT molecular complexity index is 462. The molecular formula is C15H17F3O2. The van der Waals surface area contributed by atoms with Gasteiger partial charge in [0.2, 0.25) is 0 Å². The van der Waals surface area contributed by atoms with Gasteiger partial charge in [0.1, 0.15) is 0 Å². The average molecular weight is 286 g/mol. The average Bonchev–Trinajstić information content (AvgIpc) is 2.91. The molecule has 1 atom stereocenters. The van der Waals surface area contributed by atoms with Crippen LogP contribution in [-0.4, -0.2) is 18.5 Å². The van der Waals surface area contributed by atoms with Gasteiger partial charge in [-0.2, -0.15) is 13.2 Å². The number of halogens is 3. The molecular weight excluding hydrogens is 269 g/mol. The molecule has 1 unspecified atom stereocenters. The Morgan fingerprint density at radius 1 is 1.35 bits per heavy atom. The Morgan fingerprint density at radius 3 is 2.80 bits per heavy atom. The zero-order valence-corrected chi connectivity index (χ0v) is 11.1. The number of carbonyl (C=O) groups excluding carboxylic acids is 1. The summed E-state index contributed by atoms with van der Waals surface area (Å²) in [7, 11) is 0. The summed E-state index contributed by atoms with van der Waals surface area (Å²) in [6.45, 7) is 0.770. The van der Waals surface area contributed by atoms with Crippen molar-refractivity contribution >= 4 is 5.78 Å². The summed E-state index contributed by atoms with van der Waals surface area (Å²) < 4.78 is 43.1. The van der Waals surface area contributed by atoms with Gasteiger partial charge in [0.05, 0.1) is 11.7 Å². The fourth-order valence-electron chi connectivity index (χ4n) is 2.38. The van der Waals surface area contributed by atoms with E-state index in [9.17, 15) is 18.0 Å². The number of ether oxygens (including phenoxy) is 1. The van der Waals surface area contributed by atoms with Crippen LogP contribution in [0.25, 0.3) is 0 Å². The first kappa shape index (κ1) is 15.0. The predicted octanol–water partition coefficient (Wildman–Crippen LogP) is 4.24. The highest BCUT2D eigenvalue weighted by atomic mass is 19.4. The molecule has 1 aliphatic rings. The van der Waals surface area contributed by atoms with E-state index in [0.717, 1.165) is 38.0 Å². The molecule has 1 heterocycles. The van der Waals surface area contributed by atoms with Crippen molar-refractivity contribution in [2.24, 2.45) is 0 Å². The molecule has 1 fully saturated rings. The summed E-state index contributed by atoms with van der Waals surface area (Å²) in [6.07, 6.45) is -0.423. The van der Waals surface area contributed by atoms with Crippen LogP contribution in [0.1, 0.15) is 48.0 Å². The number of rotatable bonds is 5. The van der Waals surface area contributed by atoms with Gasteiger partial charge in [0.25, 0.3) is 0 Å². The van der Waals surface area contributed by atoms with E-state index in [0.29, 0.717) is 6.42 Å². The van der Waals surface area contributed by atoms with Crippen LogP contribution < -0.4 is 0 Å². The molecule has 5 heteroatoms. The van der Waals surface area contributed by atoms with Crippen LogP contribution in [0.4, 0.5) is 13.2 Å². The van der Waals surface area contributed by atoms with E-state index in [1.54, 1.807) is 0 Å². The second-order valence-corrected chi connectivity index (χ2v) is 5.03. The number of alkyl halides is 3. The van der Waals surface area contributed by atoms with E-state index in [-0.39, 0.29) is 23.9 Å². The molecule has 1 aromatic rings. The maximum absolute atomic E-state index is 12.6. The molecule has 1 aromatic carbocycles. The van der Waals surface area contributed by atoms with Gasteiger partial charge >= 0.3 is 6.18 Å². The molecule has 2 rings (SSSR count). The van der Waals surface area contributed by atoms with E-state index >= 15 is 0 Å². The second-order valence-electron chi connectivity index (χ2n) is 5.03. The Hall–Kier alpha value is -1.36. The number of carbonyl (C=O) groups is 1. The molecule has 1 saturated heterocycles. The van der Waals surface area contributed by atoms with Crippen molar-refractivity contribution < 1.29 is 22.7 Å². The molecule has 0 radical (unpaired) electrons. The second kappa shape index (κ2) is 6.39. The summed E-state index contributed by atoms with van der Waals surface area (Å²) in [6, 6.07) is 4.61. The smallest absolute Gasteiger partial charge is 0.378 e. The van der Waals surface area contributed by atoms with E-state index in [1.165, 1.54) is 12.1 Å². The van der Waals surface area contributed by atoms with Crippen molar-refractivity contribution in [3.05, 3.63) is 35.4 Å². The van der Waals surface area contributed by atoms with Crippen LogP contribution in [-0.2, 0) is 10.9 Å². The summed E-state index contributed by atoms with van der Waals surface area (Å²) in [5.74, 6) is -0.242. The monoisotopic (exact) mass is 286 g/mol. The Labute approximate surface area is 115 Å². The number of ketones is 1. The Kier molecular flexibility index (Phi) is 4.81. The molecule has 0 spiro atoms. The molecule has 110 valence electrons. The van der Waals surface area contributed by atoms with Gasteiger partial charge in [-0.1, -0.05) is 12.1 Å². The van der Waals surface area contributed by atoms with E-state index in [4.69, 9.17) is 4.74 Å². The highest BCUT2D eigenvalue weighted by Gasteiger charge is 2.30. The Morgan fingerprint density at radius 2 is 2.15 bits per heavy atom. The molecule has 0 saturated carbocycles. The molecule has 20 heavy (non-hydrogen) atoms. The van der Waals surface area contributed by atoms with Crippen molar-refractivity contribution in [1.82, 2.24) is 0 Å². The van der Waals surface area contributed by atoms with Gasteiger partial charge in [-0.05, 0) is 37.8 Å². The van der Waals surface area contributed by atoms with E-state index < -0.39 is 11.7 Å². The van der Waals surface area contributed by atoms with Crippen LogP contribution >= 0.6 is 0 Å². The van der Waals surface area contributed by atoms with Crippen molar-refractivity contribution in [3.8, 4) is 0 Å². The maximum atomic E-state index is 12.6. The first-order valence-electron chi connectivity index (χ1n) is 6.79. The minimum Gasteiger partial charge on any atom is -0.378 e. The summed E-state index contributed by atoms with van der Waals surface area (Å²) in [4.78, 5) is 11.9. The lowest BCUT2D eigenvalue weighted by Gasteiger charge is -2.10. The lowest BCUT2D eigenvalue weighted by atomic mass is 10.0. The van der Waals surface area contributed by atoms with Crippen molar-refractivity contribution in [2.75, 3.05) is 6.61 Å². The molecule has 0 aromatic heterocycles. The minimum absolute atomic E-state index is 0.132. The first-order chi connectivity index (χ1) is 9.47. The number of hydrogen-bond acceptors (Lipinski definition) is 2. The van der Waals surface area contributed by atoms with Crippen molar-refractivity contribution in [1.29, 1.82) is 0 Å². The van der Waals surface area contributed by atoms with Gasteiger partial charge in [-0.25, -0.2) is 0 Å². The highest BCUT2D eigenvalue weighted by Crippen LogP contribution is 2.30. The zero-order chi connectivity index (χ0) is 14.6. The molecule has 1 aliphatic heterocycles. The third-order valence-corrected chi connectivity index (χ3v) is 3.47. The first-order valence-corrected chi connectivity index (χ1v) is 6.79. The van der Waals surface area contributed by atoms with E-state index in [1.807, 2.05) is 0 Å². The molecule has 0 N–H and O–H groups in total. The predicted molar refractivity (Wildman–Crippen MR) is 68.6 cm³/mol. The van der Waals surface area contributed by atoms with Gasteiger partial charge in [0, 0.05) is 18.6 Å². The van der Waals surface area contributed by atoms with Gasteiger partial charge in [-0.15, -0.1) is 0 Å². The van der Waals surface area contributed by atoms with Gasteiger partial charge < -0.3 is 4.74 Å². The van der Waals surface area contributed by atoms with Crippen LogP contribution in [0, 0.1) is 0 Å². The fourth-order valence-corrected chi connectivity index (χ4v) is 2.38. The van der Waals surface area contributed by atoms with Gasteiger partial charge in [0.15, 0.2) is 5.78 Å². The minimum atomic E-state index is -4.41. The zero-order valence-electron chi connectivity index (χ0n) is 11.1. The molecule has 0 bridgehead atoms. The fraction of sp³-hybridized carbons (Fsp3) is 0.533. The SMILES string of the molecule is O=C(CCCC1CCCO1)c1cccc(C(F)(F)F)c1. The van der Waals surface area contributed by atoms with Crippen molar-refractivity contribution in [2.45, 2.75) is 44.4 Å². The molecule has 0 amide bonds. The normalized spacial score (nSPS) is 19.2. The highest BCUT2D eigenvalue weighted by molar-refractivity contribution is 5.96. The van der Waals surface area contributed by atoms with Crippen LogP contribution in [0.5, 0.6) is 0 Å². The third-order valence-electron chi connectivity index (χ3n) is 3.47. The molecule has 2 nitrogen and oxygen atoms in total. The number of hydrogen-bond donors (Lipinski definition) is 0. The number of benzene rings is 1. The topological polar surface area (TPSA) is 26.3 Å². The van der Waals surface area contributed by atoms with Crippen LogP contribution in [0.3, 0.4) is 0 Å². The summed E-state index contributed by atoms with van der Waals surface area (Å²) >= 11 is 0. The van der Waals surface area contributed by atoms with Crippen molar-refractivity contribution in [3.63, 3.8) is 0 Å². The quantitative estimate of drug-likeness (QED) is 0.757. The van der Waals surface area contributed by atoms with Crippen LogP contribution in [0.2, 0.25) is 0 Å². The molecule has 0 aliphatic carbocycles. The third kappa shape index (κ3) is 4.07. The Balaban J connectivity index is 1.88. The lowest BCUT2D eigenvalue weighted by molar-refractivity contribution is -0.137. The van der Waals surface area contributed by atoms with Crippen LogP contribution in [0.15, 0.2) is 24.3 Å². The van der Waals surface area contributed by atoms with E-state index in [2.05, 4.69) is 0 Å². The lowest BCUT2D eigenvalue weighted by Crippen LogP contribution is -2.09.